The van der Waals surface area contributed by atoms with E-state index in [1.54, 1.807) is 6.08 Å². The first-order valence-corrected chi connectivity index (χ1v) is 12.8. The van der Waals surface area contributed by atoms with Gasteiger partial charge in [-0.1, -0.05) is 30.3 Å². The maximum Gasteiger partial charge on any atom is 0.411 e. The van der Waals surface area contributed by atoms with Gasteiger partial charge in [0.25, 0.3) is 0 Å². The summed E-state index contributed by atoms with van der Waals surface area (Å²) in [4.78, 5) is 23.5. The van der Waals surface area contributed by atoms with Gasteiger partial charge in [-0.15, -0.1) is 0 Å². The molecule has 2 aliphatic rings. The SMILES string of the molecule is C=C/C=C(\C)c1cc2c(cc1OC(C)Cl)-c1nc([C@@H]3CC[C@H](C)N3C(=O)OC(C)(C)C)[nH]c1CC2. The molecule has 0 bridgehead atoms. The lowest BCUT2D eigenvalue weighted by Crippen LogP contribution is -2.40. The average Bonchev–Trinajstić information content (AvgIpc) is 3.35. The number of nitrogens with one attached hydrogen (secondary N) is 1. The molecule has 4 rings (SSSR count). The van der Waals surface area contributed by atoms with E-state index >= 15 is 0 Å². The Kier molecular flexibility index (Phi) is 7.05. The number of imidazole rings is 1. The summed E-state index contributed by atoms with van der Waals surface area (Å²) in [6, 6.07) is 4.19. The first-order chi connectivity index (χ1) is 16.5. The van der Waals surface area contributed by atoms with E-state index in [2.05, 4.69) is 30.6 Å². The van der Waals surface area contributed by atoms with Crippen molar-refractivity contribution in [2.24, 2.45) is 0 Å². The van der Waals surface area contributed by atoms with E-state index in [4.69, 9.17) is 26.1 Å². The number of benzene rings is 1. The number of ether oxygens (including phenoxy) is 2. The van der Waals surface area contributed by atoms with Crippen molar-refractivity contribution in [2.45, 2.75) is 90.5 Å². The van der Waals surface area contributed by atoms with Crippen LogP contribution in [-0.4, -0.2) is 38.2 Å². The molecule has 6 nitrogen and oxygen atoms in total. The Balaban J connectivity index is 1.73. The summed E-state index contributed by atoms with van der Waals surface area (Å²) in [5, 5.41) is 0. The largest absolute Gasteiger partial charge is 0.474 e. The van der Waals surface area contributed by atoms with Gasteiger partial charge < -0.3 is 14.5 Å². The predicted octanol–water partition coefficient (Wildman–Crippen LogP) is 7.19. The summed E-state index contributed by atoms with van der Waals surface area (Å²) in [7, 11) is 0. The quantitative estimate of drug-likeness (QED) is 0.350. The van der Waals surface area contributed by atoms with Crippen molar-refractivity contribution in [3.05, 3.63) is 53.5 Å². The number of nitrogens with zero attached hydrogens (tertiary/aromatic N) is 2. The zero-order valence-electron chi connectivity index (χ0n) is 21.6. The predicted molar refractivity (Wildman–Crippen MR) is 141 cm³/mol. The van der Waals surface area contributed by atoms with E-state index in [1.807, 2.05) is 45.6 Å². The minimum absolute atomic E-state index is 0.0941. The highest BCUT2D eigenvalue weighted by Crippen LogP contribution is 2.42. The van der Waals surface area contributed by atoms with E-state index in [-0.39, 0.29) is 18.2 Å². The summed E-state index contributed by atoms with van der Waals surface area (Å²) in [6.45, 7) is 15.4. The third-order valence-electron chi connectivity index (χ3n) is 6.57. The van der Waals surface area contributed by atoms with Gasteiger partial charge in [0.05, 0.1) is 11.7 Å². The third kappa shape index (κ3) is 5.27. The summed E-state index contributed by atoms with van der Waals surface area (Å²) >= 11 is 6.21. The molecule has 0 spiro atoms. The number of aromatic amines is 1. The Hall–Kier alpha value is -2.73. The highest BCUT2D eigenvalue weighted by molar-refractivity contribution is 6.19. The monoisotopic (exact) mass is 497 g/mol. The van der Waals surface area contributed by atoms with Crippen molar-refractivity contribution in [2.75, 3.05) is 0 Å². The average molecular weight is 498 g/mol. The molecule has 7 heteroatoms. The fourth-order valence-electron chi connectivity index (χ4n) is 5.02. The first-order valence-electron chi connectivity index (χ1n) is 12.4. The summed E-state index contributed by atoms with van der Waals surface area (Å²) in [5.41, 5.74) is 5.35. The van der Waals surface area contributed by atoms with Crippen molar-refractivity contribution >= 4 is 23.3 Å². The van der Waals surface area contributed by atoms with E-state index in [1.165, 1.54) is 5.56 Å². The fraction of sp³-hybridized carbons (Fsp3) is 0.500. The van der Waals surface area contributed by atoms with Crippen LogP contribution >= 0.6 is 11.6 Å². The van der Waals surface area contributed by atoms with Gasteiger partial charge in [-0.25, -0.2) is 9.78 Å². The Labute approximate surface area is 213 Å². The second-order valence-corrected chi connectivity index (χ2v) is 11.1. The van der Waals surface area contributed by atoms with Crippen LogP contribution in [0.5, 0.6) is 5.75 Å². The number of carbonyl (C=O) groups is 1. The van der Waals surface area contributed by atoms with Crippen molar-refractivity contribution in [1.82, 2.24) is 14.9 Å². The number of fused-ring (bicyclic) bond motifs is 3. The molecule has 2 heterocycles. The molecule has 1 N–H and O–H groups in total. The maximum absolute atomic E-state index is 13.0. The Morgan fingerprint density at radius 3 is 2.71 bits per heavy atom. The van der Waals surface area contributed by atoms with Gasteiger partial charge in [-0.05, 0) is 90.5 Å². The minimum atomic E-state index is -0.545. The number of hydrogen-bond donors (Lipinski definition) is 1. The van der Waals surface area contributed by atoms with Crippen LogP contribution in [0.4, 0.5) is 4.79 Å². The second-order valence-electron chi connectivity index (χ2n) is 10.5. The van der Waals surface area contributed by atoms with Gasteiger partial charge in [0, 0.05) is 22.9 Å². The number of likely N-dealkylation sites (tertiary alicyclic amines) is 1. The summed E-state index contributed by atoms with van der Waals surface area (Å²) in [5.74, 6) is 1.54. The molecule has 35 heavy (non-hydrogen) atoms. The number of rotatable bonds is 5. The molecule has 1 saturated heterocycles. The van der Waals surface area contributed by atoms with Gasteiger partial charge in [0.1, 0.15) is 17.2 Å². The number of alkyl halides is 1. The number of H-pyrrole nitrogens is 1. The standard InChI is InChI=1S/C28H36ClN3O3/c1-8-9-16(2)20-14-19-11-12-22-25(21(19)15-24(20)34-18(4)29)31-26(30-22)23-13-10-17(3)32(23)27(33)35-28(5,6)7/h8-9,14-15,17-18,23H,1,10-13H2,2-7H3,(H,30,31)/b16-9+/t17-,18?,23-/m0/s1. The molecule has 2 aromatic rings. The van der Waals surface area contributed by atoms with Gasteiger partial charge in [-0.2, -0.15) is 0 Å². The third-order valence-corrected chi connectivity index (χ3v) is 6.66. The molecule has 1 fully saturated rings. The van der Waals surface area contributed by atoms with Gasteiger partial charge in [-0.3, -0.25) is 4.90 Å². The molecule has 0 radical (unpaired) electrons. The van der Waals surface area contributed by atoms with Crippen LogP contribution in [0.1, 0.15) is 83.1 Å². The van der Waals surface area contributed by atoms with Crippen LogP contribution < -0.4 is 4.74 Å². The number of amides is 1. The van der Waals surface area contributed by atoms with Crippen LogP contribution in [0.25, 0.3) is 16.8 Å². The van der Waals surface area contributed by atoms with Crippen molar-refractivity contribution in [3.8, 4) is 17.0 Å². The molecule has 1 unspecified atom stereocenters. The highest BCUT2D eigenvalue weighted by atomic mass is 35.5. The first kappa shape index (κ1) is 25.4. The van der Waals surface area contributed by atoms with Crippen LogP contribution in [-0.2, 0) is 17.6 Å². The van der Waals surface area contributed by atoms with E-state index in [0.717, 1.165) is 65.3 Å². The van der Waals surface area contributed by atoms with Gasteiger partial charge in [0.15, 0.2) is 5.56 Å². The van der Waals surface area contributed by atoms with Crippen LogP contribution in [0.15, 0.2) is 30.9 Å². The van der Waals surface area contributed by atoms with Crippen molar-refractivity contribution in [3.63, 3.8) is 0 Å². The Morgan fingerprint density at radius 2 is 2.06 bits per heavy atom. The van der Waals surface area contributed by atoms with Crippen molar-refractivity contribution in [1.29, 1.82) is 0 Å². The molecular formula is C28H36ClN3O3. The molecule has 1 aliphatic heterocycles. The number of hydrogen-bond acceptors (Lipinski definition) is 4. The number of carbonyl (C=O) groups excluding carboxylic acids is 1. The maximum atomic E-state index is 13.0. The molecule has 1 aromatic carbocycles. The summed E-state index contributed by atoms with van der Waals surface area (Å²) in [6.07, 6.45) is 6.98. The number of allylic oxidation sites excluding steroid dienone is 3. The van der Waals surface area contributed by atoms with E-state index < -0.39 is 11.2 Å². The number of halogens is 1. The Bertz CT molecular complexity index is 1160. The second kappa shape index (κ2) is 9.73. The van der Waals surface area contributed by atoms with Crippen LogP contribution in [0.3, 0.4) is 0 Å². The van der Waals surface area contributed by atoms with Crippen LogP contribution in [0.2, 0.25) is 0 Å². The molecule has 3 atom stereocenters. The Morgan fingerprint density at radius 1 is 1.31 bits per heavy atom. The smallest absolute Gasteiger partial charge is 0.411 e. The summed E-state index contributed by atoms with van der Waals surface area (Å²) < 4.78 is 11.7. The minimum Gasteiger partial charge on any atom is -0.474 e. The number of aryl methyl sites for hydroxylation is 2. The molecule has 1 aliphatic carbocycles. The lowest BCUT2D eigenvalue weighted by Gasteiger charge is -2.30. The van der Waals surface area contributed by atoms with Crippen LogP contribution in [0, 0.1) is 0 Å². The number of aromatic nitrogens is 2. The lowest BCUT2D eigenvalue weighted by molar-refractivity contribution is 0.0151. The van der Waals surface area contributed by atoms with E-state index in [0.29, 0.717) is 0 Å². The van der Waals surface area contributed by atoms with Gasteiger partial charge >= 0.3 is 6.09 Å². The topological polar surface area (TPSA) is 67.4 Å². The molecule has 188 valence electrons. The normalized spacial score (nSPS) is 20.8. The van der Waals surface area contributed by atoms with E-state index in [9.17, 15) is 4.79 Å². The molecular weight excluding hydrogens is 462 g/mol. The molecule has 1 amide bonds. The highest BCUT2D eigenvalue weighted by Gasteiger charge is 2.40. The zero-order chi connectivity index (χ0) is 25.5. The lowest BCUT2D eigenvalue weighted by atomic mass is 9.89. The fourth-order valence-corrected chi connectivity index (χ4v) is 5.12. The van der Waals surface area contributed by atoms with Crippen molar-refractivity contribution < 1.29 is 14.3 Å². The van der Waals surface area contributed by atoms with Gasteiger partial charge in [0.2, 0.25) is 0 Å². The molecule has 0 saturated carbocycles. The zero-order valence-corrected chi connectivity index (χ0v) is 22.3. The molecule has 1 aromatic heterocycles.